The van der Waals surface area contributed by atoms with Gasteiger partial charge in [0.2, 0.25) is 0 Å². The zero-order valence-electron chi connectivity index (χ0n) is 19.0. The van der Waals surface area contributed by atoms with Crippen molar-refractivity contribution >= 4 is 17.7 Å². The Kier molecular flexibility index (Phi) is 7.36. The largest absolute Gasteiger partial charge is 0.487 e. The molecule has 4 rings (SSSR count). The van der Waals surface area contributed by atoms with Crippen LogP contribution >= 0.6 is 11.8 Å². The topological polar surface area (TPSA) is 83.0 Å². The van der Waals surface area contributed by atoms with Crippen molar-refractivity contribution in [3.63, 3.8) is 0 Å². The quantitative estimate of drug-likeness (QED) is 0.499. The van der Waals surface area contributed by atoms with Gasteiger partial charge in [0.25, 0.3) is 5.91 Å². The molecule has 2 aromatic heterocycles. The number of rotatable bonds is 7. The van der Waals surface area contributed by atoms with Gasteiger partial charge in [0.15, 0.2) is 10.9 Å². The number of ether oxygens (including phenoxy) is 1. The minimum atomic E-state index is -0.564. The van der Waals surface area contributed by atoms with E-state index in [0.717, 1.165) is 41.2 Å². The number of primary amides is 1. The van der Waals surface area contributed by atoms with Crippen molar-refractivity contribution in [3.05, 3.63) is 65.2 Å². The fraction of sp³-hybridized carbons (Fsp3) is 0.346. The lowest BCUT2D eigenvalue weighted by molar-refractivity contribution is 0.0993. The summed E-state index contributed by atoms with van der Waals surface area (Å²) in [5, 5.41) is 1.24. The van der Waals surface area contributed by atoms with Crippen LogP contribution < -0.4 is 10.5 Å². The van der Waals surface area contributed by atoms with Gasteiger partial charge in [-0.1, -0.05) is 43.4 Å². The van der Waals surface area contributed by atoms with Crippen LogP contribution in [0.2, 0.25) is 0 Å². The van der Waals surface area contributed by atoms with Crippen LogP contribution in [0, 0.1) is 18.8 Å². The smallest absolute Gasteiger partial charge is 0.269 e. The third kappa shape index (κ3) is 5.40. The van der Waals surface area contributed by atoms with Crippen molar-refractivity contribution in [1.82, 2.24) is 14.5 Å². The molecular weight excluding hydrogens is 432 g/mol. The number of thioether (sulfide) groups is 1. The molecule has 0 radical (unpaired) electrons. The summed E-state index contributed by atoms with van der Waals surface area (Å²) in [6.07, 6.45) is 9.04. The maximum absolute atomic E-state index is 12.3. The minimum absolute atomic E-state index is 0.158. The third-order valence-corrected chi connectivity index (χ3v) is 6.92. The molecule has 2 heterocycles. The highest BCUT2D eigenvalue weighted by Gasteiger charge is 2.26. The molecule has 3 aromatic rings. The second-order valence-corrected chi connectivity index (χ2v) is 9.31. The molecule has 0 atom stereocenters. The number of pyridine rings is 1. The molecule has 1 aromatic carbocycles. The van der Waals surface area contributed by atoms with E-state index in [4.69, 9.17) is 10.5 Å². The number of benzene rings is 1. The second-order valence-electron chi connectivity index (χ2n) is 8.05. The predicted molar refractivity (Wildman–Crippen MR) is 131 cm³/mol. The van der Waals surface area contributed by atoms with Gasteiger partial charge in [0.05, 0.1) is 17.6 Å². The molecule has 170 valence electrons. The van der Waals surface area contributed by atoms with Crippen LogP contribution in [0.25, 0.3) is 5.69 Å². The van der Waals surface area contributed by atoms with Crippen molar-refractivity contribution in [3.8, 4) is 23.3 Å². The molecule has 0 aliphatic heterocycles. The summed E-state index contributed by atoms with van der Waals surface area (Å²) in [5.74, 6) is 6.40. The highest BCUT2D eigenvalue weighted by atomic mass is 32.2. The van der Waals surface area contributed by atoms with E-state index in [1.54, 1.807) is 24.2 Å². The lowest BCUT2D eigenvalue weighted by Crippen LogP contribution is -2.16. The Bertz CT molecular complexity index is 1190. The maximum atomic E-state index is 12.3. The summed E-state index contributed by atoms with van der Waals surface area (Å²) in [7, 11) is 0. The molecule has 1 aliphatic carbocycles. The Morgan fingerprint density at radius 3 is 2.79 bits per heavy atom. The van der Waals surface area contributed by atoms with Crippen molar-refractivity contribution in [2.45, 2.75) is 63.0 Å². The van der Waals surface area contributed by atoms with Gasteiger partial charge in [0.1, 0.15) is 12.4 Å². The van der Waals surface area contributed by atoms with Crippen LogP contribution in [0.4, 0.5) is 0 Å². The lowest BCUT2D eigenvalue weighted by atomic mass is 10.1. The number of nitrogens with two attached hydrogens (primary N) is 1. The first kappa shape index (κ1) is 22.9. The summed E-state index contributed by atoms with van der Waals surface area (Å²) in [5.41, 5.74) is 9.46. The molecule has 0 spiro atoms. The van der Waals surface area contributed by atoms with E-state index in [-0.39, 0.29) is 12.3 Å². The minimum Gasteiger partial charge on any atom is -0.487 e. The average Bonchev–Trinajstić information content (AvgIpc) is 3.46. The number of aromatic nitrogens is 3. The zero-order valence-corrected chi connectivity index (χ0v) is 19.8. The molecule has 1 aliphatic rings. The van der Waals surface area contributed by atoms with E-state index in [0.29, 0.717) is 16.7 Å². The maximum Gasteiger partial charge on any atom is 0.269 e. The number of aryl methyl sites for hydroxylation is 1. The Hall–Kier alpha value is -3.24. The standard InChI is InChI=1S/C26H28N4O2S/c1-3-4-8-19-12-13-21(15-18(19)2)32-17-23-24(25(27)31)29-26(33-22-10-5-6-11-22)30(23)20-9-7-14-28-16-20/h7,9,12-16,22H,3,5-6,10-11,17H2,1-2H3,(H2,27,31). The van der Waals surface area contributed by atoms with Gasteiger partial charge < -0.3 is 10.5 Å². The highest BCUT2D eigenvalue weighted by Crippen LogP contribution is 2.36. The van der Waals surface area contributed by atoms with Crippen LogP contribution in [-0.2, 0) is 6.61 Å². The fourth-order valence-corrected chi connectivity index (χ4v) is 5.28. The number of hydrogen-bond acceptors (Lipinski definition) is 5. The summed E-state index contributed by atoms with van der Waals surface area (Å²) < 4.78 is 8.08. The third-order valence-electron chi connectivity index (χ3n) is 5.63. The molecule has 1 fully saturated rings. The summed E-state index contributed by atoms with van der Waals surface area (Å²) in [6.45, 7) is 4.20. The van der Waals surface area contributed by atoms with Crippen molar-refractivity contribution in [1.29, 1.82) is 0 Å². The molecule has 0 bridgehead atoms. The van der Waals surface area contributed by atoms with Crippen molar-refractivity contribution in [2.24, 2.45) is 5.73 Å². The Morgan fingerprint density at radius 1 is 1.30 bits per heavy atom. The van der Waals surface area contributed by atoms with E-state index < -0.39 is 5.91 Å². The molecule has 1 amide bonds. The first-order valence-corrected chi connectivity index (χ1v) is 12.2. The number of amides is 1. The first-order valence-electron chi connectivity index (χ1n) is 11.3. The van der Waals surface area contributed by atoms with E-state index in [2.05, 4.69) is 21.8 Å². The monoisotopic (exact) mass is 460 g/mol. The zero-order chi connectivity index (χ0) is 23.2. The molecule has 0 unspecified atom stereocenters. The van der Waals surface area contributed by atoms with Crippen LogP contribution in [-0.4, -0.2) is 25.7 Å². The van der Waals surface area contributed by atoms with Gasteiger partial charge in [-0.2, -0.15) is 0 Å². The Morgan fingerprint density at radius 2 is 2.12 bits per heavy atom. The van der Waals surface area contributed by atoms with Crippen molar-refractivity contribution < 1.29 is 9.53 Å². The number of carbonyl (C=O) groups excluding carboxylic acids is 1. The normalized spacial score (nSPS) is 13.5. The molecular formula is C26H28N4O2S. The van der Waals surface area contributed by atoms with Crippen molar-refractivity contribution in [2.75, 3.05) is 0 Å². The van der Waals surface area contributed by atoms with Gasteiger partial charge in [-0.3, -0.25) is 14.3 Å². The van der Waals surface area contributed by atoms with Crippen LogP contribution in [0.3, 0.4) is 0 Å². The van der Waals surface area contributed by atoms with E-state index in [1.165, 1.54) is 12.8 Å². The first-order chi connectivity index (χ1) is 16.1. The SMILES string of the molecule is CCC#Cc1ccc(OCc2c(C(N)=O)nc(SC3CCCC3)n2-c2cccnc2)cc1C. The van der Waals surface area contributed by atoms with Gasteiger partial charge in [-0.25, -0.2) is 4.98 Å². The fourth-order valence-electron chi connectivity index (χ4n) is 3.95. The van der Waals surface area contributed by atoms with Gasteiger partial charge in [0, 0.05) is 23.4 Å². The average molecular weight is 461 g/mol. The number of hydrogen-bond donors (Lipinski definition) is 1. The second kappa shape index (κ2) is 10.6. The van der Waals surface area contributed by atoms with Crippen LogP contribution in [0.15, 0.2) is 47.9 Å². The molecule has 33 heavy (non-hydrogen) atoms. The van der Waals surface area contributed by atoms with E-state index in [9.17, 15) is 4.79 Å². The Balaban J connectivity index is 1.68. The summed E-state index contributed by atoms with van der Waals surface area (Å²) in [4.78, 5) is 21.2. The van der Waals surface area contributed by atoms with Gasteiger partial charge in [-0.05, 0) is 55.7 Å². The number of imidazole rings is 1. The molecule has 0 saturated heterocycles. The molecule has 7 heteroatoms. The van der Waals surface area contributed by atoms with E-state index in [1.807, 2.05) is 48.7 Å². The molecule has 2 N–H and O–H groups in total. The predicted octanol–water partition coefficient (Wildman–Crippen LogP) is 5.05. The molecule has 6 nitrogen and oxygen atoms in total. The Labute approximate surface area is 199 Å². The number of carbonyl (C=O) groups is 1. The van der Waals surface area contributed by atoms with Gasteiger partial charge in [-0.15, -0.1) is 0 Å². The van der Waals surface area contributed by atoms with Crippen LogP contribution in [0.1, 0.15) is 66.3 Å². The lowest BCUT2D eigenvalue weighted by Gasteiger charge is -2.15. The highest BCUT2D eigenvalue weighted by molar-refractivity contribution is 7.99. The van der Waals surface area contributed by atoms with E-state index >= 15 is 0 Å². The van der Waals surface area contributed by atoms with Gasteiger partial charge >= 0.3 is 0 Å². The summed E-state index contributed by atoms with van der Waals surface area (Å²) >= 11 is 1.70. The van der Waals surface area contributed by atoms with Crippen LogP contribution in [0.5, 0.6) is 5.75 Å². The summed E-state index contributed by atoms with van der Waals surface area (Å²) in [6, 6.07) is 9.64. The number of nitrogens with zero attached hydrogens (tertiary/aromatic N) is 3. The molecule has 1 saturated carbocycles.